The molecule has 1 aliphatic heterocycles. The summed E-state index contributed by atoms with van der Waals surface area (Å²) in [6.07, 6.45) is 2.13. The molecular formula is C11H14BrNO4S2. The van der Waals surface area contributed by atoms with Crippen LogP contribution in [0.1, 0.15) is 25.7 Å². The van der Waals surface area contributed by atoms with E-state index in [1.807, 2.05) is 0 Å². The Labute approximate surface area is 124 Å². The van der Waals surface area contributed by atoms with Crippen LogP contribution >= 0.6 is 27.3 Å². The van der Waals surface area contributed by atoms with Crippen LogP contribution in [-0.2, 0) is 14.8 Å². The fourth-order valence-electron chi connectivity index (χ4n) is 2.25. The Morgan fingerprint density at radius 2 is 2.21 bits per heavy atom. The van der Waals surface area contributed by atoms with Gasteiger partial charge in [-0.1, -0.05) is 6.42 Å². The van der Waals surface area contributed by atoms with Gasteiger partial charge >= 0.3 is 5.97 Å². The molecule has 1 unspecified atom stereocenters. The van der Waals surface area contributed by atoms with E-state index in [0.717, 1.165) is 28.0 Å². The van der Waals surface area contributed by atoms with Gasteiger partial charge < -0.3 is 5.11 Å². The molecule has 0 bridgehead atoms. The van der Waals surface area contributed by atoms with Crippen LogP contribution in [0, 0.1) is 0 Å². The molecule has 5 nitrogen and oxygen atoms in total. The van der Waals surface area contributed by atoms with Crippen LogP contribution in [0.25, 0.3) is 0 Å². The lowest BCUT2D eigenvalue weighted by Gasteiger charge is -2.33. The summed E-state index contributed by atoms with van der Waals surface area (Å²) in [6, 6.07) is 2.81. The summed E-state index contributed by atoms with van der Waals surface area (Å²) in [5.74, 6) is -0.959. The highest BCUT2D eigenvalue weighted by Gasteiger charge is 2.35. The van der Waals surface area contributed by atoms with Crippen LogP contribution in [0.5, 0.6) is 0 Å². The predicted octanol–water partition coefficient (Wildman–Crippen LogP) is 2.53. The van der Waals surface area contributed by atoms with Gasteiger partial charge in [0.2, 0.25) is 0 Å². The number of carboxylic acid groups (broad SMARTS) is 1. The van der Waals surface area contributed by atoms with Crippen molar-refractivity contribution in [3.63, 3.8) is 0 Å². The van der Waals surface area contributed by atoms with E-state index < -0.39 is 22.0 Å². The van der Waals surface area contributed by atoms with E-state index >= 15 is 0 Å². The number of rotatable bonds is 4. The van der Waals surface area contributed by atoms with Crippen molar-refractivity contribution in [2.45, 2.75) is 35.9 Å². The van der Waals surface area contributed by atoms with Crippen molar-refractivity contribution in [3.05, 3.63) is 15.9 Å². The smallest absolute Gasteiger partial charge is 0.304 e. The number of thiophene rings is 1. The maximum absolute atomic E-state index is 12.5. The zero-order valence-electron chi connectivity index (χ0n) is 10.1. The second-order valence-corrected chi connectivity index (χ2v) is 9.00. The lowest BCUT2D eigenvalue weighted by molar-refractivity contribution is -0.138. The quantitative estimate of drug-likeness (QED) is 0.886. The van der Waals surface area contributed by atoms with E-state index in [2.05, 4.69) is 15.9 Å². The summed E-state index contributed by atoms with van der Waals surface area (Å²) in [4.78, 5) is 10.9. The summed E-state index contributed by atoms with van der Waals surface area (Å²) in [5.41, 5.74) is 0. The van der Waals surface area contributed by atoms with Gasteiger partial charge in [-0.3, -0.25) is 4.79 Å². The molecule has 1 fully saturated rings. The topological polar surface area (TPSA) is 74.7 Å². The Bertz CT molecular complexity index is 569. The molecule has 1 saturated heterocycles. The van der Waals surface area contributed by atoms with Crippen LogP contribution in [0.15, 0.2) is 20.1 Å². The zero-order chi connectivity index (χ0) is 14.0. The van der Waals surface area contributed by atoms with Crippen molar-refractivity contribution >= 4 is 43.3 Å². The molecule has 2 heterocycles. The minimum atomic E-state index is -3.58. The van der Waals surface area contributed by atoms with Crippen LogP contribution < -0.4 is 0 Å². The van der Waals surface area contributed by atoms with Gasteiger partial charge in [-0.2, -0.15) is 4.31 Å². The lowest BCUT2D eigenvalue weighted by atomic mass is 10.0. The summed E-state index contributed by atoms with van der Waals surface area (Å²) in [6.45, 7) is 0.399. The Hall–Kier alpha value is -0.440. The molecule has 0 amide bonds. The van der Waals surface area contributed by atoms with Gasteiger partial charge in [0.25, 0.3) is 10.0 Å². The largest absolute Gasteiger partial charge is 0.481 e. The van der Waals surface area contributed by atoms with Gasteiger partial charge in [-0.05, 0) is 40.9 Å². The highest BCUT2D eigenvalue weighted by molar-refractivity contribution is 9.11. The van der Waals surface area contributed by atoms with Gasteiger partial charge in [0.15, 0.2) is 0 Å². The number of nitrogens with zero attached hydrogens (tertiary/aromatic N) is 1. The van der Waals surface area contributed by atoms with Crippen LogP contribution in [0.2, 0.25) is 0 Å². The number of carbonyl (C=O) groups is 1. The molecular weight excluding hydrogens is 354 g/mol. The molecule has 1 aromatic heterocycles. The normalized spacial score (nSPS) is 21.4. The molecule has 0 radical (unpaired) electrons. The van der Waals surface area contributed by atoms with Crippen LogP contribution in [-0.4, -0.2) is 36.4 Å². The molecule has 1 N–H and O–H groups in total. The maximum Gasteiger partial charge on any atom is 0.304 e. The zero-order valence-corrected chi connectivity index (χ0v) is 13.3. The van der Waals surface area contributed by atoms with E-state index in [-0.39, 0.29) is 10.6 Å². The van der Waals surface area contributed by atoms with Crippen LogP contribution in [0.4, 0.5) is 0 Å². The fourth-order valence-corrected chi connectivity index (χ4v) is 6.08. The van der Waals surface area contributed by atoms with E-state index in [0.29, 0.717) is 13.0 Å². The van der Waals surface area contributed by atoms with Gasteiger partial charge in [0.05, 0.1) is 10.2 Å². The average molecular weight is 368 g/mol. The molecule has 106 valence electrons. The van der Waals surface area contributed by atoms with Gasteiger partial charge in [0, 0.05) is 12.6 Å². The maximum atomic E-state index is 12.5. The lowest BCUT2D eigenvalue weighted by Crippen LogP contribution is -2.44. The van der Waals surface area contributed by atoms with Crippen molar-refractivity contribution in [3.8, 4) is 0 Å². The van der Waals surface area contributed by atoms with Crippen LogP contribution in [0.3, 0.4) is 0 Å². The third kappa shape index (κ3) is 3.36. The minimum absolute atomic E-state index is 0.133. The third-order valence-corrected chi connectivity index (χ3v) is 7.14. The fraction of sp³-hybridized carbons (Fsp3) is 0.545. The standard InChI is InChI=1S/C11H14BrNO4S2/c12-9-4-5-11(18-9)19(16,17)13-6-2-1-3-8(13)7-10(14)15/h4-5,8H,1-3,6-7H2,(H,14,15). The predicted molar refractivity (Wildman–Crippen MR) is 75.8 cm³/mol. The molecule has 1 aromatic rings. The number of carboxylic acids is 1. The van der Waals surface area contributed by atoms with Crippen molar-refractivity contribution in [1.82, 2.24) is 4.31 Å². The number of piperidine rings is 1. The molecule has 0 aliphatic carbocycles. The molecule has 0 aromatic carbocycles. The molecule has 1 atom stereocenters. The summed E-state index contributed by atoms with van der Waals surface area (Å²) in [5, 5.41) is 8.90. The monoisotopic (exact) mass is 367 g/mol. The van der Waals surface area contributed by atoms with Gasteiger partial charge in [0.1, 0.15) is 4.21 Å². The van der Waals surface area contributed by atoms with Gasteiger partial charge in [-0.25, -0.2) is 8.42 Å². The summed E-state index contributed by atoms with van der Waals surface area (Å²) in [7, 11) is -3.58. The second kappa shape index (κ2) is 5.90. The first-order chi connectivity index (χ1) is 8.91. The SMILES string of the molecule is O=C(O)CC1CCCCN1S(=O)(=O)c1ccc(Br)s1. The molecule has 0 saturated carbocycles. The average Bonchev–Trinajstić information content (AvgIpc) is 2.76. The third-order valence-electron chi connectivity index (χ3n) is 3.09. The Morgan fingerprint density at radius 1 is 1.47 bits per heavy atom. The molecule has 0 spiro atoms. The van der Waals surface area contributed by atoms with Crippen molar-refractivity contribution in [2.24, 2.45) is 0 Å². The molecule has 2 rings (SSSR count). The van der Waals surface area contributed by atoms with E-state index in [9.17, 15) is 13.2 Å². The summed E-state index contributed by atoms with van der Waals surface area (Å²) < 4.78 is 27.4. The number of sulfonamides is 1. The number of halogens is 1. The van der Waals surface area contributed by atoms with E-state index in [1.54, 1.807) is 12.1 Å². The second-order valence-electron chi connectivity index (χ2n) is 4.42. The molecule has 8 heteroatoms. The highest BCUT2D eigenvalue weighted by atomic mass is 79.9. The number of aliphatic carboxylic acids is 1. The molecule has 19 heavy (non-hydrogen) atoms. The number of hydrogen-bond acceptors (Lipinski definition) is 4. The minimum Gasteiger partial charge on any atom is -0.481 e. The van der Waals surface area contributed by atoms with Gasteiger partial charge in [-0.15, -0.1) is 11.3 Å². The Morgan fingerprint density at radius 3 is 2.79 bits per heavy atom. The summed E-state index contributed by atoms with van der Waals surface area (Å²) >= 11 is 4.39. The van der Waals surface area contributed by atoms with Crippen molar-refractivity contribution in [1.29, 1.82) is 0 Å². The Kier molecular flexibility index (Phi) is 4.65. The first kappa shape index (κ1) is 15.0. The Balaban J connectivity index is 2.28. The van der Waals surface area contributed by atoms with E-state index in [4.69, 9.17) is 5.11 Å². The van der Waals surface area contributed by atoms with Crippen molar-refractivity contribution < 1.29 is 18.3 Å². The molecule has 1 aliphatic rings. The highest BCUT2D eigenvalue weighted by Crippen LogP contribution is 2.32. The van der Waals surface area contributed by atoms with Crippen molar-refractivity contribution in [2.75, 3.05) is 6.54 Å². The first-order valence-corrected chi connectivity index (χ1v) is 8.95. The first-order valence-electron chi connectivity index (χ1n) is 5.90. The van der Waals surface area contributed by atoms with E-state index in [1.165, 1.54) is 4.31 Å². The number of hydrogen-bond donors (Lipinski definition) is 1.